The highest BCUT2D eigenvalue weighted by atomic mass is 35.5. The van der Waals surface area contributed by atoms with Gasteiger partial charge in [-0.1, -0.05) is 91.6 Å². The van der Waals surface area contributed by atoms with Crippen LogP contribution in [0.5, 0.6) is 0 Å². The summed E-state index contributed by atoms with van der Waals surface area (Å²) in [5.74, 6) is 0. The van der Waals surface area contributed by atoms with E-state index >= 15 is 0 Å². The lowest BCUT2D eigenvalue weighted by Gasteiger charge is -2.22. The summed E-state index contributed by atoms with van der Waals surface area (Å²) in [6.45, 7) is 4.52. The van der Waals surface area contributed by atoms with Crippen LogP contribution in [0.4, 0.5) is 0 Å². The monoisotopic (exact) mass is 427 g/mol. The first-order valence-corrected chi connectivity index (χ1v) is 10.9. The molecule has 146 valence electrons. The lowest BCUT2D eigenvalue weighted by Crippen LogP contribution is -2.15. The standard InChI is InChI=1S/C27H19Cl2N/c1-27(2)19-11-5-3-10-17(19)24-25(27)21(29)15-18-16-9-4-7-13-22(16)30(26(18)24)23-14-8-6-12-20(23)28/h3-15H,1-2H3. The van der Waals surface area contributed by atoms with Crippen LogP contribution in [0.1, 0.15) is 25.0 Å². The van der Waals surface area contributed by atoms with Crippen LogP contribution in [0, 0.1) is 0 Å². The third-order valence-corrected chi connectivity index (χ3v) is 7.12. The number of hydrogen-bond acceptors (Lipinski definition) is 0. The van der Waals surface area contributed by atoms with Gasteiger partial charge in [0.15, 0.2) is 0 Å². The number of benzene rings is 4. The summed E-state index contributed by atoms with van der Waals surface area (Å²) in [6.07, 6.45) is 0. The number of rotatable bonds is 1. The molecule has 0 unspecified atom stereocenters. The SMILES string of the molecule is CC1(C)c2ccccc2-c2c1c(Cl)cc1c3ccccc3n(-c3ccccc3Cl)c21. The van der Waals surface area contributed by atoms with E-state index in [2.05, 4.69) is 79.1 Å². The zero-order chi connectivity index (χ0) is 20.6. The summed E-state index contributed by atoms with van der Waals surface area (Å²) in [7, 11) is 0. The average molecular weight is 428 g/mol. The molecule has 0 spiro atoms. The summed E-state index contributed by atoms with van der Waals surface area (Å²) >= 11 is 13.7. The minimum atomic E-state index is -0.168. The fourth-order valence-corrected chi connectivity index (χ4v) is 5.89. The van der Waals surface area contributed by atoms with Crippen LogP contribution in [0.3, 0.4) is 0 Å². The van der Waals surface area contributed by atoms with Crippen LogP contribution < -0.4 is 0 Å². The molecule has 0 radical (unpaired) electrons. The first-order valence-electron chi connectivity index (χ1n) is 10.1. The molecule has 5 aromatic rings. The molecule has 1 aliphatic rings. The predicted molar refractivity (Wildman–Crippen MR) is 128 cm³/mol. The van der Waals surface area contributed by atoms with E-state index in [0.717, 1.165) is 26.6 Å². The smallest absolute Gasteiger partial charge is 0.0648 e. The first kappa shape index (κ1) is 18.1. The van der Waals surface area contributed by atoms with Gasteiger partial charge in [0.25, 0.3) is 0 Å². The molecular weight excluding hydrogens is 409 g/mol. The van der Waals surface area contributed by atoms with Gasteiger partial charge in [-0.3, -0.25) is 0 Å². The highest BCUT2D eigenvalue weighted by molar-refractivity contribution is 6.35. The lowest BCUT2D eigenvalue weighted by atomic mass is 9.82. The molecule has 0 amide bonds. The molecular formula is C27H19Cl2N. The normalized spacial score (nSPS) is 14.3. The average Bonchev–Trinajstić information content (AvgIpc) is 3.19. The van der Waals surface area contributed by atoms with Gasteiger partial charge in [0.2, 0.25) is 0 Å². The van der Waals surface area contributed by atoms with Gasteiger partial charge in [-0.25, -0.2) is 0 Å². The Balaban J connectivity index is 1.92. The molecule has 0 fully saturated rings. The third-order valence-electron chi connectivity index (χ3n) is 6.50. The zero-order valence-corrected chi connectivity index (χ0v) is 18.2. The predicted octanol–water partition coefficient (Wildman–Crippen LogP) is 8.40. The second-order valence-corrected chi connectivity index (χ2v) is 9.29. The van der Waals surface area contributed by atoms with Gasteiger partial charge in [-0.15, -0.1) is 0 Å². The summed E-state index contributed by atoms with van der Waals surface area (Å²) in [6, 6.07) is 27.3. The second kappa shape index (κ2) is 6.14. The number of aromatic nitrogens is 1. The Bertz CT molecular complexity index is 1490. The van der Waals surface area contributed by atoms with Crippen molar-refractivity contribution in [3.63, 3.8) is 0 Å². The maximum Gasteiger partial charge on any atom is 0.0648 e. The van der Waals surface area contributed by atoms with Crippen molar-refractivity contribution in [3.8, 4) is 16.8 Å². The molecule has 0 N–H and O–H groups in total. The number of para-hydroxylation sites is 2. The molecule has 1 aromatic heterocycles. The molecule has 1 aliphatic carbocycles. The van der Waals surface area contributed by atoms with Crippen LogP contribution in [-0.2, 0) is 5.41 Å². The Morgan fingerprint density at radius 1 is 0.733 bits per heavy atom. The van der Waals surface area contributed by atoms with Crippen LogP contribution in [0.15, 0.2) is 78.9 Å². The van der Waals surface area contributed by atoms with Crippen LogP contribution in [0.2, 0.25) is 10.0 Å². The van der Waals surface area contributed by atoms with Crippen molar-refractivity contribution in [1.82, 2.24) is 4.57 Å². The van der Waals surface area contributed by atoms with E-state index in [1.54, 1.807) is 0 Å². The third kappa shape index (κ3) is 2.20. The number of halogens is 2. The number of fused-ring (bicyclic) bond motifs is 7. The van der Waals surface area contributed by atoms with Gasteiger partial charge in [-0.05, 0) is 41.0 Å². The Kier molecular flexibility index (Phi) is 3.69. The zero-order valence-electron chi connectivity index (χ0n) is 16.7. The Morgan fingerprint density at radius 2 is 1.43 bits per heavy atom. The lowest BCUT2D eigenvalue weighted by molar-refractivity contribution is 0.661. The molecule has 0 bridgehead atoms. The maximum absolute atomic E-state index is 6.97. The minimum Gasteiger partial charge on any atom is -0.307 e. The van der Waals surface area contributed by atoms with E-state index in [1.807, 2.05) is 18.2 Å². The molecule has 3 heteroatoms. The van der Waals surface area contributed by atoms with Gasteiger partial charge in [0.1, 0.15) is 0 Å². The maximum atomic E-state index is 6.97. The molecule has 30 heavy (non-hydrogen) atoms. The topological polar surface area (TPSA) is 4.93 Å². The van der Waals surface area contributed by atoms with Crippen LogP contribution in [-0.4, -0.2) is 4.57 Å². The first-order chi connectivity index (χ1) is 14.5. The summed E-state index contributed by atoms with van der Waals surface area (Å²) in [5.41, 5.74) is 8.08. The molecule has 6 rings (SSSR count). The van der Waals surface area contributed by atoms with Crippen molar-refractivity contribution in [3.05, 3.63) is 100 Å². The highest BCUT2D eigenvalue weighted by Gasteiger charge is 2.39. The van der Waals surface area contributed by atoms with Gasteiger partial charge >= 0.3 is 0 Å². The Labute approximate surface area is 185 Å². The van der Waals surface area contributed by atoms with Gasteiger partial charge in [0, 0.05) is 26.8 Å². The molecule has 0 aliphatic heterocycles. The fourth-order valence-electron chi connectivity index (χ4n) is 5.23. The summed E-state index contributed by atoms with van der Waals surface area (Å²) in [4.78, 5) is 0. The molecule has 0 saturated carbocycles. The number of hydrogen-bond donors (Lipinski definition) is 0. The largest absolute Gasteiger partial charge is 0.307 e. The quantitative estimate of drug-likeness (QED) is 0.253. The molecule has 1 nitrogen and oxygen atoms in total. The van der Waals surface area contributed by atoms with E-state index in [-0.39, 0.29) is 5.41 Å². The van der Waals surface area contributed by atoms with Crippen molar-refractivity contribution in [2.45, 2.75) is 19.3 Å². The minimum absolute atomic E-state index is 0.168. The van der Waals surface area contributed by atoms with E-state index in [9.17, 15) is 0 Å². The molecule has 1 heterocycles. The van der Waals surface area contributed by atoms with Crippen molar-refractivity contribution >= 4 is 45.0 Å². The van der Waals surface area contributed by atoms with E-state index in [0.29, 0.717) is 0 Å². The highest BCUT2D eigenvalue weighted by Crippen LogP contribution is 2.55. The van der Waals surface area contributed by atoms with E-state index in [4.69, 9.17) is 23.2 Å². The van der Waals surface area contributed by atoms with Gasteiger partial charge < -0.3 is 4.57 Å². The van der Waals surface area contributed by atoms with Crippen molar-refractivity contribution in [2.24, 2.45) is 0 Å². The van der Waals surface area contributed by atoms with Gasteiger partial charge in [0.05, 0.1) is 21.7 Å². The molecule has 0 atom stereocenters. The molecule has 4 aromatic carbocycles. The van der Waals surface area contributed by atoms with E-state index in [1.165, 1.54) is 33.2 Å². The second-order valence-electron chi connectivity index (χ2n) is 8.48. The fraction of sp³-hybridized carbons (Fsp3) is 0.111. The molecule has 0 saturated heterocycles. The van der Waals surface area contributed by atoms with Crippen LogP contribution in [0.25, 0.3) is 38.6 Å². The van der Waals surface area contributed by atoms with E-state index < -0.39 is 0 Å². The van der Waals surface area contributed by atoms with Gasteiger partial charge in [-0.2, -0.15) is 0 Å². The Hall–Kier alpha value is -2.74. The summed E-state index contributed by atoms with van der Waals surface area (Å²) in [5, 5.41) is 3.89. The summed E-state index contributed by atoms with van der Waals surface area (Å²) < 4.78 is 2.31. The Morgan fingerprint density at radius 3 is 2.27 bits per heavy atom. The van der Waals surface area contributed by atoms with Crippen molar-refractivity contribution < 1.29 is 0 Å². The number of nitrogens with zero attached hydrogens (tertiary/aromatic N) is 1. The van der Waals surface area contributed by atoms with Crippen molar-refractivity contribution in [2.75, 3.05) is 0 Å². The van der Waals surface area contributed by atoms with Crippen LogP contribution >= 0.6 is 23.2 Å². The van der Waals surface area contributed by atoms with Crippen molar-refractivity contribution in [1.29, 1.82) is 0 Å².